The van der Waals surface area contributed by atoms with Gasteiger partial charge in [0.25, 0.3) is 5.91 Å². The molecule has 27 heavy (non-hydrogen) atoms. The van der Waals surface area contributed by atoms with Gasteiger partial charge in [0.2, 0.25) is 5.91 Å². The zero-order valence-corrected chi connectivity index (χ0v) is 14.7. The van der Waals surface area contributed by atoms with Crippen LogP contribution in [0, 0.1) is 6.92 Å². The second-order valence-corrected chi connectivity index (χ2v) is 6.50. The topological polar surface area (TPSA) is 62.6 Å². The molecule has 1 aliphatic heterocycles. The van der Waals surface area contributed by atoms with Crippen LogP contribution < -0.4 is 5.32 Å². The second kappa shape index (κ2) is 7.46. The van der Waals surface area contributed by atoms with Crippen LogP contribution in [0.25, 0.3) is 0 Å². The molecular formula is C19H19F3N2O3. The van der Waals surface area contributed by atoms with Gasteiger partial charge in [-0.15, -0.1) is 0 Å². The van der Waals surface area contributed by atoms with Crippen LogP contribution in [-0.4, -0.2) is 29.3 Å². The molecule has 1 aromatic heterocycles. The Morgan fingerprint density at radius 3 is 2.67 bits per heavy atom. The lowest BCUT2D eigenvalue weighted by molar-refractivity contribution is -0.138. The molecule has 2 amide bonds. The lowest BCUT2D eigenvalue weighted by atomic mass is 10.0. The molecule has 1 saturated heterocycles. The Bertz CT molecular complexity index is 831. The molecule has 0 saturated carbocycles. The van der Waals surface area contributed by atoms with Crippen LogP contribution in [0.5, 0.6) is 0 Å². The van der Waals surface area contributed by atoms with Gasteiger partial charge < -0.3 is 14.6 Å². The number of piperidine rings is 1. The average Bonchev–Trinajstić information content (AvgIpc) is 3.16. The van der Waals surface area contributed by atoms with Gasteiger partial charge in [-0.2, -0.15) is 13.2 Å². The number of carbonyl (C=O) groups excluding carboxylic acids is 2. The number of benzene rings is 1. The third-order valence-corrected chi connectivity index (χ3v) is 4.61. The summed E-state index contributed by atoms with van der Waals surface area (Å²) in [6.07, 6.45) is -1.19. The van der Waals surface area contributed by atoms with E-state index in [4.69, 9.17) is 4.42 Å². The third-order valence-electron chi connectivity index (χ3n) is 4.61. The van der Waals surface area contributed by atoms with Crippen LogP contribution >= 0.6 is 0 Å². The van der Waals surface area contributed by atoms with Crippen molar-refractivity contribution in [3.63, 3.8) is 0 Å². The molecule has 1 unspecified atom stereocenters. The maximum atomic E-state index is 13.1. The van der Waals surface area contributed by atoms with Crippen molar-refractivity contribution in [3.8, 4) is 0 Å². The Morgan fingerprint density at radius 1 is 1.22 bits per heavy atom. The fourth-order valence-electron chi connectivity index (χ4n) is 3.22. The monoisotopic (exact) mass is 380 g/mol. The summed E-state index contributed by atoms with van der Waals surface area (Å²) in [7, 11) is 0. The summed E-state index contributed by atoms with van der Waals surface area (Å²) < 4.78 is 44.3. The van der Waals surface area contributed by atoms with Crippen molar-refractivity contribution in [2.24, 2.45) is 0 Å². The minimum Gasteiger partial charge on any atom is -0.459 e. The zero-order valence-electron chi connectivity index (χ0n) is 14.7. The van der Waals surface area contributed by atoms with Crippen LogP contribution in [0.15, 0.2) is 41.0 Å². The lowest BCUT2D eigenvalue weighted by Gasteiger charge is -2.34. The first-order valence-corrected chi connectivity index (χ1v) is 8.60. The first kappa shape index (κ1) is 19.0. The van der Waals surface area contributed by atoms with Gasteiger partial charge in [-0.3, -0.25) is 9.59 Å². The number of carbonyl (C=O) groups is 2. The first-order valence-electron chi connectivity index (χ1n) is 8.60. The molecule has 0 radical (unpaired) electrons. The number of likely N-dealkylation sites (tertiary alicyclic amines) is 1. The smallest absolute Gasteiger partial charge is 0.416 e. The lowest BCUT2D eigenvalue weighted by Crippen LogP contribution is -2.49. The molecular weight excluding hydrogens is 361 g/mol. The molecule has 2 heterocycles. The van der Waals surface area contributed by atoms with Crippen molar-refractivity contribution in [2.45, 2.75) is 38.4 Å². The van der Waals surface area contributed by atoms with E-state index in [2.05, 4.69) is 5.32 Å². The number of nitrogens with one attached hydrogen (secondary N) is 1. The molecule has 1 aliphatic rings. The van der Waals surface area contributed by atoms with Crippen molar-refractivity contribution in [3.05, 3.63) is 53.5 Å². The van der Waals surface area contributed by atoms with E-state index in [-0.39, 0.29) is 17.0 Å². The maximum absolute atomic E-state index is 13.1. The summed E-state index contributed by atoms with van der Waals surface area (Å²) in [5.74, 6) is -0.782. The number of halogens is 3. The molecule has 3 rings (SSSR count). The summed E-state index contributed by atoms with van der Waals surface area (Å²) >= 11 is 0. The molecule has 2 aromatic rings. The molecule has 5 nitrogen and oxygen atoms in total. The average molecular weight is 380 g/mol. The fourth-order valence-corrected chi connectivity index (χ4v) is 3.22. The van der Waals surface area contributed by atoms with Crippen molar-refractivity contribution < 1.29 is 27.2 Å². The minimum atomic E-state index is -4.50. The van der Waals surface area contributed by atoms with Crippen LogP contribution in [0.3, 0.4) is 0 Å². The predicted molar refractivity (Wildman–Crippen MR) is 92.2 cm³/mol. The summed E-state index contributed by atoms with van der Waals surface area (Å²) in [6.45, 7) is 1.75. The molecule has 1 N–H and O–H groups in total. The van der Waals surface area contributed by atoms with E-state index in [1.807, 2.05) is 0 Å². The summed E-state index contributed by atoms with van der Waals surface area (Å²) in [5, 5.41) is 2.52. The number of furan rings is 1. The SMILES string of the molecule is Cc1ccc(NC(=O)C2CCCCN2C(=O)c2ccco2)cc1C(F)(F)F. The van der Waals surface area contributed by atoms with Crippen molar-refractivity contribution in [1.82, 2.24) is 4.90 Å². The minimum absolute atomic E-state index is 0.0499. The number of rotatable bonds is 3. The highest BCUT2D eigenvalue weighted by molar-refractivity contribution is 6.00. The van der Waals surface area contributed by atoms with E-state index < -0.39 is 29.6 Å². The number of aryl methyl sites for hydroxylation is 1. The Morgan fingerprint density at radius 2 is 2.00 bits per heavy atom. The number of amides is 2. The number of nitrogens with zero attached hydrogens (tertiary/aromatic N) is 1. The van der Waals surface area contributed by atoms with Gasteiger partial charge in [-0.05, 0) is 56.0 Å². The Kier molecular flexibility index (Phi) is 5.25. The summed E-state index contributed by atoms with van der Waals surface area (Å²) in [6, 6.07) is 5.98. The van der Waals surface area contributed by atoms with Gasteiger partial charge in [0, 0.05) is 12.2 Å². The molecule has 0 bridgehead atoms. The van der Waals surface area contributed by atoms with Crippen LogP contribution in [0.2, 0.25) is 0 Å². The summed E-state index contributed by atoms with van der Waals surface area (Å²) in [4.78, 5) is 26.7. The normalized spacial score (nSPS) is 17.6. The predicted octanol–water partition coefficient (Wildman–Crippen LogP) is 4.24. The number of anilines is 1. The molecule has 0 spiro atoms. The molecule has 1 atom stereocenters. The van der Waals surface area contributed by atoms with Gasteiger partial charge in [0.1, 0.15) is 6.04 Å². The van der Waals surface area contributed by atoms with Gasteiger partial charge in [0.15, 0.2) is 5.76 Å². The van der Waals surface area contributed by atoms with Crippen molar-refractivity contribution in [1.29, 1.82) is 0 Å². The Hall–Kier alpha value is -2.77. The number of hydrogen-bond donors (Lipinski definition) is 1. The van der Waals surface area contributed by atoms with E-state index in [9.17, 15) is 22.8 Å². The Labute approximate surface area is 154 Å². The molecule has 1 fully saturated rings. The van der Waals surface area contributed by atoms with Gasteiger partial charge in [0.05, 0.1) is 11.8 Å². The molecule has 1 aromatic carbocycles. The highest BCUT2D eigenvalue weighted by atomic mass is 19.4. The first-order chi connectivity index (χ1) is 12.8. The van der Waals surface area contributed by atoms with Crippen LogP contribution in [0.1, 0.15) is 40.9 Å². The standard InChI is InChI=1S/C19H19F3N2O3/c1-12-7-8-13(11-14(12)19(20,21)22)23-17(25)15-5-2-3-9-24(15)18(26)16-6-4-10-27-16/h4,6-8,10-11,15H,2-3,5,9H2,1H3,(H,23,25). The van der Waals surface area contributed by atoms with E-state index >= 15 is 0 Å². The highest BCUT2D eigenvalue weighted by Crippen LogP contribution is 2.33. The molecule has 8 heteroatoms. The molecule has 0 aliphatic carbocycles. The summed E-state index contributed by atoms with van der Waals surface area (Å²) in [5.41, 5.74) is -0.672. The van der Waals surface area contributed by atoms with Crippen LogP contribution in [0.4, 0.5) is 18.9 Å². The fraction of sp³-hybridized carbons (Fsp3) is 0.368. The maximum Gasteiger partial charge on any atom is 0.416 e. The van der Waals surface area contributed by atoms with Gasteiger partial charge >= 0.3 is 6.18 Å². The number of hydrogen-bond acceptors (Lipinski definition) is 3. The van der Waals surface area contributed by atoms with E-state index in [0.717, 1.165) is 18.9 Å². The van der Waals surface area contributed by atoms with E-state index in [0.29, 0.717) is 13.0 Å². The Balaban J connectivity index is 1.79. The van der Waals surface area contributed by atoms with E-state index in [1.54, 1.807) is 6.07 Å². The van der Waals surface area contributed by atoms with Crippen molar-refractivity contribution in [2.75, 3.05) is 11.9 Å². The van der Waals surface area contributed by atoms with E-state index in [1.165, 1.54) is 36.3 Å². The quantitative estimate of drug-likeness (QED) is 0.866. The largest absolute Gasteiger partial charge is 0.459 e. The van der Waals surface area contributed by atoms with Gasteiger partial charge in [-0.1, -0.05) is 6.07 Å². The zero-order chi connectivity index (χ0) is 19.6. The van der Waals surface area contributed by atoms with Crippen LogP contribution in [-0.2, 0) is 11.0 Å². The van der Waals surface area contributed by atoms with Gasteiger partial charge in [-0.25, -0.2) is 0 Å². The molecule has 144 valence electrons. The number of alkyl halides is 3. The highest BCUT2D eigenvalue weighted by Gasteiger charge is 2.35. The third kappa shape index (κ3) is 4.15. The second-order valence-electron chi connectivity index (χ2n) is 6.50. The van der Waals surface area contributed by atoms with Crippen molar-refractivity contribution >= 4 is 17.5 Å².